The minimum absolute atomic E-state index is 0.0476. The maximum Gasteiger partial charge on any atom is 0.322 e. The molecule has 0 radical (unpaired) electrons. The van der Waals surface area contributed by atoms with Crippen LogP contribution >= 0.6 is 0 Å². The Labute approximate surface area is 239 Å². The van der Waals surface area contributed by atoms with Crippen LogP contribution in [0.4, 0.5) is 0 Å². The first-order valence-electron chi connectivity index (χ1n) is 14.0. The van der Waals surface area contributed by atoms with Crippen LogP contribution in [0.15, 0.2) is 18.2 Å². The molecule has 0 unspecified atom stereocenters. The van der Waals surface area contributed by atoms with E-state index in [1.165, 1.54) is 20.3 Å². The minimum Gasteiger partial charge on any atom is -0.481 e. The monoisotopic (exact) mass is 591 g/mol. The SMILES string of the molecule is COc1cc(O[C@@H]2C[C@H]3C(=O)N[C@]4(C(=O)NS(=O)(=O)C5CC5)C[C@@H]4/C=C\CCCCN(C)C(=O)[C@@H]3C2)nc(OC)n1. The van der Waals surface area contributed by atoms with E-state index >= 15 is 0 Å². The summed E-state index contributed by atoms with van der Waals surface area (Å²) in [6, 6.07) is 1.54. The second-order valence-corrected chi connectivity index (χ2v) is 13.3. The van der Waals surface area contributed by atoms with Crippen LogP contribution in [0.1, 0.15) is 51.4 Å². The highest BCUT2D eigenvalue weighted by Gasteiger charge is 2.62. The van der Waals surface area contributed by atoms with E-state index in [1.807, 2.05) is 12.2 Å². The number of nitrogens with one attached hydrogen (secondary N) is 2. The summed E-state index contributed by atoms with van der Waals surface area (Å²) in [5, 5.41) is 2.30. The fourth-order valence-corrected chi connectivity index (χ4v) is 7.07. The molecule has 2 heterocycles. The summed E-state index contributed by atoms with van der Waals surface area (Å²) in [5.74, 6) is -2.80. The lowest BCUT2D eigenvalue weighted by molar-refractivity contribution is -0.140. The Balaban J connectivity index is 1.40. The van der Waals surface area contributed by atoms with Crippen LogP contribution in [0.25, 0.3) is 0 Å². The highest BCUT2D eigenvalue weighted by Crippen LogP contribution is 2.47. The Morgan fingerprint density at radius 2 is 1.83 bits per heavy atom. The first-order valence-corrected chi connectivity index (χ1v) is 15.5. The molecule has 3 fully saturated rings. The molecule has 2 N–H and O–H groups in total. The Kier molecular flexibility index (Phi) is 8.13. The fourth-order valence-electron chi connectivity index (χ4n) is 5.70. The van der Waals surface area contributed by atoms with Crippen LogP contribution < -0.4 is 24.2 Å². The van der Waals surface area contributed by atoms with Crippen LogP contribution in [0, 0.1) is 17.8 Å². The Bertz CT molecular complexity index is 1310. The lowest BCUT2D eigenvalue weighted by atomic mass is 9.93. The number of fused-ring (bicyclic) bond motifs is 2. The van der Waals surface area contributed by atoms with Gasteiger partial charge in [0.25, 0.3) is 5.91 Å². The van der Waals surface area contributed by atoms with E-state index in [4.69, 9.17) is 14.2 Å². The summed E-state index contributed by atoms with van der Waals surface area (Å²) in [4.78, 5) is 50.6. The Morgan fingerprint density at radius 1 is 1.10 bits per heavy atom. The summed E-state index contributed by atoms with van der Waals surface area (Å²) >= 11 is 0. The second kappa shape index (κ2) is 11.5. The number of nitrogens with zero attached hydrogens (tertiary/aromatic N) is 3. The summed E-state index contributed by atoms with van der Waals surface area (Å²) < 4.78 is 43.7. The van der Waals surface area contributed by atoms with Crippen molar-refractivity contribution >= 4 is 27.7 Å². The number of carbonyl (C=O) groups excluding carboxylic acids is 3. The maximum absolute atomic E-state index is 13.8. The average molecular weight is 592 g/mol. The van der Waals surface area contributed by atoms with Gasteiger partial charge in [-0.2, -0.15) is 9.97 Å². The van der Waals surface area contributed by atoms with Crippen molar-refractivity contribution in [2.24, 2.45) is 17.8 Å². The first kappa shape index (κ1) is 29.1. The number of allylic oxidation sites excluding steroid dienone is 1. The molecule has 1 aliphatic heterocycles. The predicted molar refractivity (Wildman–Crippen MR) is 145 cm³/mol. The van der Waals surface area contributed by atoms with Crippen LogP contribution in [0.2, 0.25) is 0 Å². The highest BCUT2D eigenvalue weighted by molar-refractivity contribution is 7.91. The van der Waals surface area contributed by atoms with Gasteiger partial charge >= 0.3 is 6.01 Å². The number of sulfonamides is 1. The third kappa shape index (κ3) is 6.26. The topological polar surface area (TPSA) is 166 Å². The van der Waals surface area contributed by atoms with E-state index in [2.05, 4.69) is 20.0 Å². The molecule has 1 aromatic rings. The number of hydrogen-bond acceptors (Lipinski definition) is 10. The number of carbonyl (C=O) groups is 3. The van der Waals surface area contributed by atoms with Crippen molar-refractivity contribution < 1.29 is 37.0 Å². The zero-order chi connectivity index (χ0) is 29.4. The van der Waals surface area contributed by atoms with E-state index in [0.29, 0.717) is 19.4 Å². The van der Waals surface area contributed by atoms with Gasteiger partial charge in [0.2, 0.25) is 33.6 Å². The zero-order valence-electron chi connectivity index (χ0n) is 23.5. The van der Waals surface area contributed by atoms with Gasteiger partial charge in [0.15, 0.2) is 0 Å². The first-order chi connectivity index (χ1) is 19.6. The van der Waals surface area contributed by atoms with Crippen molar-refractivity contribution in [1.82, 2.24) is 24.9 Å². The number of ether oxygens (including phenoxy) is 3. The lowest BCUT2D eigenvalue weighted by Gasteiger charge is -2.26. The maximum atomic E-state index is 13.8. The predicted octanol–water partition coefficient (Wildman–Crippen LogP) is 0.949. The molecule has 14 heteroatoms. The van der Waals surface area contributed by atoms with E-state index < -0.39 is 50.6 Å². The summed E-state index contributed by atoms with van der Waals surface area (Å²) in [5.41, 5.74) is -1.38. The van der Waals surface area contributed by atoms with Gasteiger partial charge in [-0.1, -0.05) is 12.2 Å². The van der Waals surface area contributed by atoms with Gasteiger partial charge in [-0.3, -0.25) is 19.1 Å². The van der Waals surface area contributed by atoms with Crippen molar-refractivity contribution in [1.29, 1.82) is 0 Å². The smallest absolute Gasteiger partial charge is 0.322 e. The molecule has 224 valence electrons. The van der Waals surface area contributed by atoms with E-state index in [9.17, 15) is 22.8 Å². The van der Waals surface area contributed by atoms with E-state index in [1.54, 1.807) is 11.9 Å². The van der Waals surface area contributed by atoms with Gasteiger partial charge in [-0.15, -0.1) is 0 Å². The third-order valence-electron chi connectivity index (χ3n) is 8.33. The normalized spacial score (nSPS) is 31.1. The number of hydrogen-bond donors (Lipinski definition) is 2. The second-order valence-electron chi connectivity index (χ2n) is 11.3. The van der Waals surface area contributed by atoms with Crippen molar-refractivity contribution in [3.8, 4) is 17.8 Å². The van der Waals surface area contributed by atoms with E-state index in [-0.39, 0.29) is 48.9 Å². The number of rotatable bonds is 7. The van der Waals surface area contributed by atoms with Gasteiger partial charge in [0.05, 0.1) is 37.4 Å². The molecule has 0 bridgehead atoms. The largest absolute Gasteiger partial charge is 0.481 e. The van der Waals surface area contributed by atoms with Gasteiger partial charge in [-0.05, 0) is 51.4 Å². The molecule has 4 aliphatic rings. The molecular weight excluding hydrogens is 554 g/mol. The van der Waals surface area contributed by atoms with Crippen molar-refractivity contribution in [2.75, 3.05) is 27.8 Å². The van der Waals surface area contributed by atoms with Crippen LogP contribution in [0.5, 0.6) is 17.8 Å². The minimum atomic E-state index is -3.80. The van der Waals surface area contributed by atoms with Gasteiger partial charge in [0.1, 0.15) is 11.6 Å². The molecule has 0 aromatic carbocycles. The standard InChI is InChI=1S/C27H37N5O8S/c1-32-11-7-5-4-6-8-16-15-27(16,25(35)31-41(36,37)18-9-10-18)30-23(33)19-12-17(13-20(19)24(32)34)40-22-14-21(38-2)28-26(29-22)39-3/h6,8,14,16-20H,4-5,7,9-13,15H2,1-3H3,(H,30,33)(H,31,35)/b8-6-/t16-,17+,19+,20+,27+/m0/s1. The van der Waals surface area contributed by atoms with Gasteiger partial charge in [-0.25, -0.2) is 8.42 Å². The molecule has 3 aliphatic carbocycles. The number of methoxy groups -OCH3 is 2. The third-order valence-corrected chi connectivity index (χ3v) is 10.2. The van der Waals surface area contributed by atoms with Gasteiger partial charge in [0, 0.05) is 19.5 Å². The summed E-state index contributed by atoms with van der Waals surface area (Å²) in [6.45, 7) is 0.554. The molecule has 5 atom stereocenters. The molecule has 13 nitrogen and oxygen atoms in total. The lowest BCUT2D eigenvalue weighted by Crippen LogP contribution is -2.54. The Hall–Kier alpha value is -3.42. The molecule has 0 saturated heterocycles. The number of amides is 3. The van der Waals surface area contributed by atoms with E-state index in [0.717, 1.165) is 19.3 Å². The van der Waals surface area contributed by atoms with Crippen LogP contribution in [-0.4, -0.2) is 85.7 Å². The molecule has 3 saturated carbocycles. The van der Waals surface area contributed by atoms with Gasteiger partial charge < -0.3 is 24.4 Å². The average Bonchev–Trinajstić information content (AvgIpc) is 3.86. The van der Waals surface area contributed by atoms with Crippen LogP contribution in [-0.2, 0) is 24.4 Å². The quantitative estimate of drug-likeness (QED) is 0.436. The number of aromatic nitrogens is 2. The van der Waals surface area contributed by atoms with Crippen molar-refractivity contribution in [3.05, 3.63) is 18.2 Å². The molecular formula is C27H37N5O8S. The molecule has 3 amide bonds. The molecule has 41 heavy (non-hydrogen) atoms. The summed E-state index contributed by atoms with van der Waals surface area (Å²) in [6.07, 6.45) is 7.45. The van der Waals surface area contributed by atoms with Crippen LogP contribution in [0.3, 0.4) is 0 Å². The van der Waals surface area contributed by atoms with Crippen molar-refractivity contribution in [2.45, 2.75) is 68.3 Å². The zero-order valence-corrected chi connectivity index (χ0v) is 24.3. The summed E-state index contributed by atoms with van der Waals surface area (Å²) in [7, 11) is 0.786. The molecule has 5 rings (SSSR count). The Morgan fingerprint density at radius 3 is 2.54 bits per heavy atom. The molecule has 0 spiro atoms. The highest BCUT2D eigenvalue weighted by atomic mass is 32.2. The fraction of sp³-hybridized carbons (Fsp3) is 0.667. The molecule has 1 aromatic heterocycles. The van der Waals surface area contributed by atoms with Crippen molar-refractivity contribution in [3.63, 3.8) is 0 Å².